The fourth-order valence-electron chi connectivity index (χ4n) is 6.84. The molecule has 3 aromatic rings. The number of hydrogen-bond donors (Lipinski definition) is 1. The molecule has 0 bridgehead atoms. The Morgan fingerprint density at radius 3 is 2.24 bits per heavy atom. The Balaban J connectivity index is 1.63. The number of ether oxygens (including phenoxy) is 4. The molecule has 0 unspecified atom stereocenters. The number of nitrogens with zero attached hydrogens (tertiary/aromatic N) is 1. The Labute approximate surface area is 237 Å². The molecule has 1 N–H and O–H groups in total. The number of carbonyl (C=O) groups is 3. The Hall–Kier alpha value is -4.79. The summed E-state index contributed by atoms with van der Waals surface area (Å²) < 4.78 is 21.9. The molecule has 0 aliphatic carbocycles. The van der Waals surface area contributed by atoms with Crippen LogP contribution in [0.1, 0.15) is 28.4 Å². The maximum absolute atomic E-state index is 14.8. The highest BCUT2D eigenvalue weighted by molar-refractivity contribution is 6.16. The van der Waals surface area contributed by atoms with Crippen LogP contribution in [0.15, 0.2) is 60.7 Å². The second-order valence-electron chi connectivity index (χ2n) is 10.3. The van der Waals surface area contributed by atoms with Crippen molar-refractivity contribution in [3.8, 4) is 23.0 Å². The minimum atomic E-state index is -1.39. The van der Waals surface area contributed by atoms with E-state index >= 15 is 0 Å². The van der Waals surface area contributed by atoms with Gasteiger partial charge in [0.1, 0.15) is 11.2 Å². The number of rotatable bonds is 7. The fraction of sp³-hybridized carbons (Fsp3) is 0.281. The molecule has 1 fully saturated rings. The molecule has 9 nitrogen and oxygen atoms in total. The molecule has 3 aliphatic heterocycles. The largest absolute Gasteiger partial charge is 0.497 e. The number of carbonyl (C=O) groups excluding carboxylic acids is 3. The number of nitrogens with one attached hydrogen (secondary N) is 1. The third-order valence-electron chi connectivity index (χ3n) is 8.49. The van der Waals surface area contributed by atoms with Crippen LogP contribution in [-0.2, 0) is 15.0 Å². The van der Waals surface area contributed by atoms with Crippen molar-refractivity contribution < 1.29 is 33.3 Å². The highest BCUT2D eigenvalue weighted by atomic mass is 16.5. The highest BCUT2D eigenvalue weighted by Gasteiger charge is 2.69. The molecule has 3 aromatic carbocycles. The molecule has 1 amide bonds. The number of ketones is 2. The van der Waals surface area contributed by atoms with Gasteiger partial charge in [-0.15, -0.1) is 0 Å². The first-order chi connectivity index (χ1) is 19.8. The molecule has 0 saturated carbocycles. The summed E-state index contributed by atoms with van der Waals surface area (Å²) in [6.45, 7) is 1.47. The molecule has 210 valence electrons. The molecule has 3 aliphatic rings. The molecule has 0 aromatic heterocycles. The molecule has 3 heterocycles. The predicted octanol–water partition coefficient (Wildman–Crippen LogP) is 4.28. The summed E-state index contributed by atoms with van der Waals surface area (Å²) in [5, 5.41) is 3.01. The summed E-state index contributed by atoms with van der Waals surface area (Å²) in [5.41, 5.74) is 1.73. The number of amides is 1. The van der Waals surface area contributed by atoms with Crippen LogP contribution in [0.2, 0.25) is 0 Å². The molecule has 9 heteroatoms. The summed E-state index contributed by atoms with van der Waals surface area (Å²) in [4.78, 5) is 44.6. The van der Waals surface area contributed by atoms with Crippen molar-refractivity contribution in [1.29, 1.82) is 0 Å². The maximum atomic E-state index is 14.8. The highest BCUT2D eigenvalue weighted by Crippen LogP contribution is 2.58. The van der Waals surface area contributed by atoms with Gasteiger partial charge in [-0.25, -0.2) is 0 Å². The number of anilines is 2. The van der Waals surface area contributed by atoms with E-state index < -0.39 is 23.4 Å². The van der Waals surface area contributed by atoms with Crippen molar-refractivity contribution in [2.24, 2.45) is 5.92 Å². The van der Waals surface area contributed by atoms with E-state index in [-0.39, 0.29) is 23.0 Å². The van der Waals surface area contributed by atoms with Crippen LogP contribution in [0.5, 0.6) is 23.0 Å². The lowest BCUT2D eigenvalue weighted by Gasteiger charge is -2.37. The molecule has 1 saturated heterocycles. The van der Waals surface area contributed by atoms with E-state index in [4.69, 9.17) is 18.9 Å². The summed E-state index contributed by atoms with van der Waals surface area (Å²) in [5.74, 6) is -0.418. The zero-order chi connectivity index (χ0) is 29.1. The molecular weight excluding hydrogens is 524 g/mol. The van der Waals surface area contributed by atoms with Crippen LogP contribution in [0.25, 0.3) is 6.08 Å². The Morgan fingerprint density at radius 2 is 1.61 bits per heavy atom. The van der Waals surface area contributed by atoms with Gasteiger partial charge < -0.3 is 29.2 Å². The van der Waals surface area contributed by atoms with Crippen molar-refractivity contribution in [2.75, 3.05) is 38.7 Å². The fourth-order valence-corrected chi connectivity index (χ4v) is 6.84. The van der Waals surface area contributed by atoms with E-state index in [1.165, 1.54) is 28.3 Å². The SMILES string of the molecule is COc1ccc2c(c1)C=C[C@H]1N2[C@H](C(C)=O)[C@@H](C(=O)c2cc(OC)c(OC)c(OC)c2)[C@]12C(=O)Nc1ccccc12. The molecule has 4 atom stereocenters. The van der Waals surface area contributed by atoms with Crippen molar-refractivity contribution in [2.45, 2.75) is 24.4 Å². The van der Waals surface area contributed by atoms with Crippen molar-refractivity contribution >= 4 is 34.9 Å². The lowest BCUT2D eigenvalue weighted by atomic mass is 9.64. The first-order valence-corrected chi connectivity index (χ1v) is 13.2. The quantitative estimate of drug-likeness (QED) is 0.432. The van der Waals surface area contributed by atoms with Gasteiger partial charge in [-0.1, -0.05) is 30.4 Å². The van der Waals surface area contributed by atoms with Gasteiger partial charge in [0.25, 0.3) is 0 Å². The number of hydrogen-bond acceptors (Lipinski definition) is 8. The molecule has 41 heavy (non-hydrogen) atoms. The lowest BCUT2D eigenvalue weighted by Crippen LogP contribution is -2.51. The monoisotopic (exact) mass is 554 g/mol. The van der Waals surface area contributed by atoms with Crippen LogP contribution < -0.4 is 29.2 Å². The van der Waals surface area contributed by atoms with Crippen LogP contribution in [0.4, 0.5) is 11.4 Å². The number of para-hydroxylation sites is 1. The minimum Gasteiger partial charge on any atom is -0.497 e. The number of Topliss-reactive ketones (excluding diaryl/α,β-unsaturated/α-hetero) is 2. The van der Waals surface area contributed by atoms with Gasteiger partial charge >= 0.3 is 0 Å². The van der Waals surface area contributed by atoms with Crippen molar-refractivity contribution in [1.82, 2.24) is 0 Å². The van der Waals surface area contributed by atoms with Gasteiger partial charge in [-0.2, -0.15) is 0 Å². The minimum absolute atomic E-state index is 0.230. The van der Waals surface area contributed by atoms with E-state index in [1.807, 2.05) is 59.5 Å². The summed E-state index contributed by atoms with van der Waals surface area (Å²) in [6.07, 6.45) is 3.85. The average Bonchev–Trinajstić information content (AvgIpc) is 3.48. The predicted molar refractivity (Wildman–Crippen MR) is 153 cm³/mol. The van der Waals surface area contributed by atoms with Gasteiger partial charge in [0.05, 0.1) is 46.4 Å². The van der Waals surface area contributed by atoms with Crippen LogP contribution in [0.3, 0.4) is 0 Å². The second kappa shape index (κ2) is 9.69. The van der Waals surface area contributed by atoms with Gasteiger partial charge in [-0.05, 0) is 48.9 Å². The number of fused-ring (bicyclic) bond motifs is 6. The summed E-state index contributed by atoms with van der Waals surface area (Å²) in [6, 6.07) is 14.5. The maximum Gasteiger partial charge on any atom is 0.238 e. The van der Waals surface area contributed by atoms with Crippen LogP contribution >= 0.6 is 0 Å². The average molecular weight is 555 g/mol. The third-order valence-corrected chi connectivity index (χ3v) is 8.49. The van der Waals surface area contributed by atoms with Crippen molar-refractivity contribution in [3.63, 3.8) is 0 Å². The zero-order valence-corrected chi connectivity index (χ0v) is 23.4. The zero-order valence-electron chi connectivity index (χ0n) is 23.4. The van der Waals surface area contributed by atoms with E-state index in [9.17, 15) is 14.4 Å². The summed E-state index contributed by atoms with van der Waals surface area (Å²) in [7, 11) is 6.01. The smallest absolute Gasteiger partial charge is 0.238 e. The van der Waals surface area contributed by atoms with Crippen LogP contribution in [-0.4, -0.2) is 58.0 Å². The molecule has 1 spiro atoms. The van der Waals surface area contributed by atoms with Gasteiger partial charge in [0.2, 0.25) is 11.7 Å². The molecular formula is C32H30N2O7. The summed E-state index contributed by atoms with van der Waals surface area (Å²) >= 11 is 0. The second-order valence-corrected chi connectivity index (χ2v) is 10.3. The number of benzene rings is 3. The molecule has 0 radical (unpaired) electrons. The Bertz CT molecular complexity index is 1600. The van der Waals surface area contributed by atoms with Gasteiger partial charge in [-0.3, -0.25) is 14.4 Å². The number of methoxy groups -OCH3 is 4. The van der Waals surface area contributed by atoms with Crippen LogP contribution in [0, 0.1) is 5.92 Å². The van der Waals surface area contributed by atoms with Gasteiger partial charge in [0, 0.05) is 22.5 Å². The normalized spacial score (nSPS) is 23.4. The van der Waals surface area contributed by atoms with Crippen molar-refractivity contribution in [3.05, 3.63) is 77.4 Å². The topological polar surface area (TPSA) is 103 Å². The first-order valence-electron chi connectivity index (χ1n) is 13.2. The van der Waals surface area contributed by atoms with E-state index in [0.29, 0.717) is 34.2 Å². The Kier molecular flexibility index (Phi) is 6.25. The Morgan fingerprint density at radius 1 is 0.902 bits per heavy atom. The first kappa shape index (κ1) is 26.4. The third kappa shape index (κ3) is 3.58. The standard InChI is InChI=1S/C32H30N2O7/c1-17(35)28-27(29(36)19-15-24(39-3)30(41-5)25(16-19)40-4)32(21-8-6-7-9-22(21)33-31(32)37)26-13-10-18-14-20(38-2)11-12-23(18)34(26)28/h6-16,26-28H,1-5H3,(H,33,37)/t26-,27+,28-,32-/m1/s1. The molecule has 6 rings (SSSR count). The van der Waals surface area contributed by atoms with E-state index in [2.05, 4.69) is 5.32 Å². The van der Waals surface area contributed by atoms with E-state index in [1.54, 1.807) is 19.2 Å². The van der Waals surface area contributed by atoms with E-state index in [0.717, 1.165) is 11.3 Å². The van der Waals surface area contributed by atoms with Gasteiger partial charge in [0.15, 0.2) is 23.1 Å². The lowest BCUT2D eigenvalue weighted by molar-refractivity contribution is -0.122.